The van der Waals surface area contributed by atoms with Crippen LogP contribution in [0.2, 0.25) is 10.0 Å². The van der Waals surface area contributed by atoms with Crippen LogP contribution >= 0.6 is 35.4 Å². The molecule has 23 heavy (non-hydrogen) atoms. The number of thiocarbonyl (C=S) groups is 1. The maximum atomic E-state index is 12.5. The van der Waals surface area contributed by atoms with Gasteiger partial charge in [0, 0.05) is 28.4 Å². The smallest absolute Gasteiger partial charge is 0.338 e. The van der Waals surface area contributed by atoms with Crippen molar-refractivity contribution in [3.05, 3.63) is 45.1 Å². The number of ether oxygens (including phenoxy) is 2. The molecule has 0 radical (unpaired) electrons. The molecule has 1 aliphatic heterocycles. The van der Waals surface area contributed by atoms with Crippen molar-refractivity contribution in [2.75, 3.05) is 20.3 Å². The molecule has 1 aromatic rings. The normalized spacial score (nSPS) is 17.6. The van der Waals surface area contributed by atoms with Gasteiger partial charge in [0.2, 0.25) is 0 Å². The molecule has 8 heteroatoms. The quantitative estimate of drug-likeness (QED) is 0.469. The van der Waals surface area contributed by atoms with E-state index in [9.17, 15) is 4.79 Å². The molecule has 124 valence electrons. The molecule has 0 aromatic heterocycles. The Morgan fingerprint density at radius 1 is 1.30 bits per heavy atom. The number of hydrogen-bond acceptors (Lipinski definition) is 4. The minimum absolute atomic E-state index is 0.152. The average molecular weight is 375 g/mol. The number of hydrogen-bond donors (Lipinski definition) is 2. The summed E-state index contributed by atoms with van der Waals surface area (Å²) in [5.74, 6) is -0.483. The summed E-state index contributed by atoms with van der Waals surface area (Å²) in [5, 5.41) is 7.21. The predicted octanol–water partition coefficient (Wildman–Crippen LogP) is 2.98. The number of halogens is 2. The SMILES string of the molecule is COCCOC(=O)C1=C(C)NC(=S)NC1c1c(Cl)cccc1Cl. The van der Waals surface area contributed by atoms with E-state index in [0.29, 0.717) is 38.6 Å². The molecule has 0 spiro atoms. The van der Waals surface area contributed by atoms with Crippen LogP contribution in [0.1, 0.15) is 18.5 Å². The summed E-state index contributed by atoms with van der Waals surface area (Å²) in [5.41, 5.74) is 1.56. The lowest BCUT2D eigenvalue weighted by atomic mass is 9.95. The topological polar surface area (TPSA) is 59.6 Å². The van der Waals surface area contributed by atoms with Gasteiger partial charge in [-0.25, -0.2) is 4.79 Å². The predicted molar refractivity (Wildman–Crippen MR) is 93.6 cm³/mol. The Morgan fingerprint density at radius 3 is 2.57 bits per heavy atom. The molecule has 0 fully saturated rings. The van der Waals surface area contributed by atoms with Crippen LogP contribution in [0.25, 0.3) is 0 Å². The first kappa shape index (κ1) is 18.0. The second-order valence-electron chi connectivity index (χ2n) is 4.83. The van der Waals surface area contributed by atoms with Gasteiger partial charge in [-0.2, -0.15) is 0 Å². The maximum Gasteiger partial charge on any atom is 0.338 e. The fourth-order valence-corrected chi connectivity index (χ4v) is 3.15. The molecule has 0 bridgehead atoms. The number of carbonyl (C=O) groups is 1. The van der Waals surface area contributed by atoms with Crippen LogP contribution in [0, 0.1) is 0 Å². The van der Waals surface area contributed by atoms with Gasteiger partial charge in [0.25, 0.3) is 0 Å². The van der Waals surface area contributed by atoms with E-state index in [2.05, 4.69) is 10.6 Å². The second kappa shape index (κ2) is 7.97. The van der Waals surface area contributed by atoms with Crippen LogP contribution in [0.3, 0.4) is 0 Å². The molecule has 5 nitrogen and oxygen atoms in total. The van der Waals surface area contributed by atoms with E-state index in [1.807, 2.05) is 0 Å². The number of nitrogens with one attached hydrogen (secondary N) is 2. The lowest BCUT2D eigenvalue weighted by Crippen LogP contribution is -2.45. The monoisotopic (exact) mass is 374 g/mol. The fraction of sp³-hybridized carbons (Fsp3) is 0.333. The van der Waals surface area contributed by atoms with Gasteiger partial charge in [0.1, 0.15) is 6.61 Å². The zero-order chi connectivity index (χ0) is 17.0. The molecule has 1 unspecified atom stereocenters. The van der Waals surface area contributed by atoms with E-state index in [0.717, 1.165) is 0 Å². The Morgan fingerprint density at radius 2 is 1.96 bits per heavy atom. The highest BCUT2D eigenvalue weighted by atomic mass is 35.5. The Balaban J connectivity index is 2.40. The average Bonchev–Trinajstić information content (AvgIpc) is 2.46. The number of methoxy groups -OCH3 is 1. The molecule has 1 aliphatic rings. The van der Waals surface area contributed by atoms with Crippen molar-refractivity contribution < 1.29 is 14.3 Å². The summed E-state index contributed by atoms with van der Waals surface area (Å²) in [6, 6.07) is 4.57. The van der Waals surface area contributed by atoms with E-state index in [-0.39, 0.29) is 6.61 Å². The van der Waals surface area contributed by atoms with E-state index >= 15 is 0 Å². The van der Waals surface area contributed by atoms with Gasteiger partial charge in [0.15, 0.2) is 5.11 Å². The van der Waals surface area contributed by atoms with Crippen molar-refractivity contribution in [3.63, 3.8) is 0 Å². The van der Waals surface area contributed by atoms with Gasteiger partial charge in [-0.3, -0.25) is 0 Å². The molecule has 0 amide bonds. The zero-order valence-corrected chi connectivity index (χ0v) is 14.9. The van der Waals surface area contributed by atoms with Gasteiger partial charge < -0.3 is 20.1 Å². The summed E-state index contributed by atoms with van der Waals surface area (Å²) in [6.07, 6.45) is 0. The van der Waals surface area contributed by atoms with Crippen LogP contribution in [-0.4, -0.2) is 31.4 Å². The van der Waals surface area contributed by atoms with Crippen LogP contribution in [0.5, 0.6) is 0 Å². The molecule has 1 heterocycles. The van der Waals surface area contributed by atoms with Crippen molar-refractivity contribution in [1.29, 1.82) is 0 Å². The highest BCUT2D eigenvalue weighted by Crippen LogP contribution is 2.36. The first-order chi connectivity index (χ1) is 11.0. The van der Waals surface area contributed by atoms with Crippen LogP contribution in [0.4, 0.5) is 0 Å². The van der Waals surface area contributed by atoms with E-state index < -0.39 is 12.0 Å². The zero-order valence-electron chi connectivity index (χ0n) is 12.6. The van der Waals surface area contributed by atoms with Crippen LogP contribution in [-0.2, 0) is 14.3 Å². The fourth-order valence-electron chi connectivity index (χ4n) is 2.26. The third kappa shape index (κ3) is 4.14. The van der Waals surface area contributed by atoms with Gasteiger partial charge >= 0.3 is 5.97 Å². The Hall–Kier alpha value is -1.34. The van der Waals surface area contributed by atoms with E-state index in [4.69, 9.17) is 44.9 Å². The van der Waals surface area contributed by atoms with Crippen molar-refractivity contribution >= 4 is 46.5 Å². The van der Waals surface area contributed by atoms with E-state index in [1.165, 1.54) is 7.11 Å². The molecule has 1 aromatic carbocycles. The lowest BCUT2D eigenvalue weighted by molar-refractivity contribution is -0.140. The second-order valence-corrected chi connectivity index (χ2v) is 6.06. The summed E-state index contributed by atoms with van der Waals surface area (Å²) in [7, 11) is 1.53. The Bertz CT molecular complexity index is 644. The number of benzene rings is 1. The van der Waals surface area contributed by atoms with Gasteiger partial charge in [-0.05, 0) is 31.3 Å². The third-order valence-electron chi connectivity index (χ3n) is 3.30. The standard InChI is InChI=1S/C15H16Cl2N2O3S/c1-8-11(14(20)22-7-6-21-2)13(19-15(23)18-8)12-9(16)4-3-5-10(12)17/h3-5,13H,6-7H2,1-2H3,(H2,18,19,23). The molecule has 0 saturated heterocycles. The first-order valence-electron chi connectivity index (χ1n) is 6.84. The van der Waals surface area contributed by atoms with E-state index in [1.54, 1.807) is 25.1 Å². The molecule has 2 rings (SSSR count). The molecule has 1 atom stereocenters. The van der Waals surface area contributed by atoms with Crippen LogP contribution in [0.15, 0.2) is 29.5 Å². The Kier molecular flexibility index (Phi) is 6.24. The van der Waals surface area contributed by atoms with Gasteiger partial charge in [-0.15, -0.1) is 0 Å². The number of rotatable bonds is 5. The highest BCUT2D eigenvalue weighted by molar-refractivity contribution is 7.80. The third-order valence-corrected chi connectivity index (χ3v) is 4.18. The number of carbonyl (C=O) groups excluding carboxylic acids is 1. The van der Waals surface area contributed by atoms with Gasteiger partial charge in [0.05, 0.1) is 18.2 Å². The molecule has 2 N–H and O–H groups in total. The minimum Gasteiger partial charge on any atom is -0.460 e. The largest absolute Gasteiger partial charge is 0.460 e. The number of esters is 1. The van der Waals surface area contributed by atoms with Crippen molar-refractivity contribution in [1.82, 2.24) is 10.6 Å². The number of allylic oxidation sites excluding steroid dienone is 1. The molecular weight excluding hydrogens is 359 g/mol. The molecule has 0 saturated carbocycles. The van der Waals surface area contributed by atoms with Gasteiger partial charge in [-0.1, -0.05) is 29.3 Å². The molecular formula is C15H16Cl2N2O3S. The van der Waals surface area contributed by atoms with Crippen molar-refractivity contribution in [2.24, 2.45) is 0 Å². The lowest BCUT2D eigenvalue weighted by Gasteiger charge is -2.30. The Labute approximate surface area is 149 Å². The summed E-state index contributed by atoms with van der Waals surface area (Å²) >= 11 is 17.7. The van der Waals surface area contributed by atoms with Crippen molar-refractivity contribution in [3.8, 4) is 0 Å². The first-order valence-corrected chi connectivity index (χ1v) is 8.00. The highest BCUT2D eigenvalue weighted by Gasteiger charge is 2.33. The van der Waals surface area contributed by atoms with Crippen molar-refractivity contribution in [2.45, 2.75) is 13.0 Å². The summed E-state index contributed by atoms with van der Waals surface area (Å²) in [6.45, 7) is 2.21. The molecule has 0 aliphatic carbocycles. The van der Waals surface area contributed by atoms with Crippen LogP contribution < -0.4 is 10.6 Å². The summed E-state index contributed by atoms with van der Waals surface area (Å²) < 4.78 is 10.1. The maximum absolute atomic E-state index is 12.5. The summed E-state index contributed by atoms with van der Waals surface area (Å²) in [4.78, 5) is 12.5. The minimum atomic E-state index is -0.583.